The predicted octanol–water partition coefficient (Wildman–Crippen LogP) is 20.3. The van der Waals surface area contributed by atoms with Crippen molar-refractivity contribution in [3.63, 3.8) is 0 Å². The van der Waals surface area contributed by atoms with Gasteiger partial charge in [0.1, 0.15) is 19.3 Å². The molecule has 0 spiro atoms. The Balaban J connectivity index is 5.18. The number of phosphoric acid groups is 1. The van der Waals surface area contributed by atoms with E-state index in [-0.39, 0.29) is 37.9 Å². The summed E-state index contributed by atoms with van der Waals surface area (Å²) in [5, 5.41) is 3.04. The van der Waals surface area contributed by atoms with Crippen LogP contribution in [0.1, 0.15) is 278 Å². The Bertz CT molecular complexity index is 1670. The second kappa shape index (κ2) is 58.1. The van der Waals surface area contributed by atoms with Crippen molar-refractivity contribution in [3.8, 4) is 0 Å². The summed E-state index contributed by atoms with van der Waals surface area (Å²) in [5.41, 5.74) is 0. The van der Waals surface area contributed by atoms with E-state index in [1.807, 2.05) is 33.3 Å². The average molecular weight is 1120 g/mol. The van der Waals surface area contributed by atoms with Crippen molar-refractivity contribution in [2.45, 2.75) is 290 Å². The highest BCUT2D eigenvalue weighted by molar-refractivity contribution is 7.47. The van der Waals surface area contributed by atoms with E-state index in [1.54, 1.807) is 0 Å². The lowest BCUT2D eigenvalue weighted by atomic mass is 10.0. The minimum Gasteiger partial charge on any atom is -0.456 e. The molecule has 3 atom stereocenters. The largest absolute Gasteiger partial charge is 0.472 e. The van der Waals surface area contributed by atoms with Crippen molar-refractivity contribution < 1.29 is 37.3 Å². The van der Waals surface area contributed by atoms with Crippen LogP contribution >= 0.6 is 7.82 Å². The number of nitrogens with zero attached hydrogens (tertiary/aromatic N) is 1. The zero-order chi connectivity index (χ0) is 57.9. The van der Waals surface area contributed by atoms with Gasteiger partial charge in [-0.25, -0.2) is 4.57 Å². The number of rotatable bonds is 58. The summed E-state index contributed by atoms with van der Waals surface area (Å²) in [5.74, 6) is -0.544. The van der Waals surface area contributed by atoms with Gasteiger partial charge >= 0.3 is 13.8 Å². The molecule has 79 heavy (non-hydrogen) atoms. The molecule has 0 aliphatic heterocycles. The maximum absolute atomic E-state index is 13.5. The molecule has 1 amide bonds. The molecule has 0 rings (SSSR count). The summed E-state index contributed by atoms with van der Waals surface area (Å²) in [6.45, 7) is 6.85. The molecule has 0 aromatic heterocycles. The average Bonchev–Trinajstić information content (AvgIpc) is 3.41. The molecule has 0 heterocycles. The molecule has 10 heteroatoms. The van der Waals surface area contributed by atoms with E-state index >= 15 is 0 Å². The number of phosphoric ester groups is 1. The molecule has 0 aliphatic carbocycles. The van der Waals surface area contributed by atoms with Crippen molar-refractivity contribution >= 4 is 19.7 Å². The number of likely N-dealkylation sites (N-methyl/N-ethyl adjacent to an activating group) is 1. The lowest BCUT2D eigenvalue weighted by Gasteiger charge is -2.27. The van der Waals surface area contributed by atoms with Gasteiger partial charge in [0.25, 0.3) is 0 Å². The highest BCUT2D eigenvalue weighted by Gasteiger charge is 2.30. The number of carbonyl (C=O) groups excluding carboxylic acids is 2. The normalized spacial score (nSPS) is 14.3. The standard InChI is InChI=1S/C69H123N2O7P/c1-7-10-13-16-19-22-25-27-29-31-33-34-35-36-38-40-42-44-47-50-53-56-59-62-69(73)78-67(60-57-54-51-48-45-24-21-18-15-12-9-3)66(65-77-79(74,75)76-64-63-71(4,5)6)70-68(72)61-58-55-52-49-46-43-41-39-37-32-30-28-26-23-20-17-14-11-8-2/h11,14,19-20,22-23,27-30,37,39,43,46,57,60,66-67H,7-10,12-13,15-18,21,24-26,31-36,38,40-42,44-45,47-56,58-59,61-65H2,1-6H3,(H-,70,72,74,75)/p+1/b14-11-,22-19-,23-20-,29-27-,30-28-,39-37-,46-43-,60-57+. The Morgan fingerprint density at radius 2 is 0.810 bits per heavy atom. The maximum atomic E-state index is 13.5. The van der Waals surface area contributed by atoms with Gasteiger partial charge < -0.3 is 19.4 Å². The van der Waals surface area contributed by atoms with Gasteiger partial charge in [0.15, 0.2) is 0 Å². The fraction of sp³-hybridized carbons (Fsp3) is 0.739. The number of hydrogen-bond acceptors (Lipinski definition) is 6. The van der Waals surface area contributed by atoms with Crippen LogP contribution in [0.5, 0.6) is 0 Å². The van der Waals surface area contributed by atoms with Crippen LogP contribution in [0.3, 0.4) is 0 Å². The number of amides is 1. The molecular weight excluding hydrogens is 1000 g/mol. The molecule has 0 saturated heterocycles. The van der Waals surface area contributed by atoms with E-state index in [4.69, 9.17) is 13.8 Å². The number of hydrogen-bond donors (Lipinski definition) is 2. The number of esters is 1. The van der Waals surface area contributed by atoms with Crippen LogP contribution in [0.25, 0.3) is 0 Å². The molecule has 0 fully saturated rings. The Morgan fingerprint density at radius 1 is 0.456 bits per heavy atom. The Labute approximate surface area is 488 Å². The number of nitrogens with one attached hydrogen (secondary N) is 1. The Kier molecular flexibility index (Phi) is 55.9. The minimum atomic E-state index is -4.46. The smallest absolute Gasteiger partial charge is 0.456 e. The summed E-state index contributed by atoms with van der Waals surface area (Å²) in [6.07, 6.45) is 78.4. The summed E-state index contributed by atoms with van der Waals surface area (Å²) in [6, 6.07) is -0.871. The fourth-order valence-corrected chi connectivity index (χ4v) is 9.73. The van der Waals surface area contributed by atoms with E-state index in [1.165, 1.54) is 141 Å². The SMILES string of the molecule is CC/C=C\C/C=C\C/C=C\C/C=C\C/C=C\CCCCCC(=O)NC(COP(=O)(O)OCC[N+](C)(C)C)C(/C=C/CCCCCCCCCCC)OC(=O)CCCCCCCCCCCCCCC/C=C\C/C=C\CCCCC. The predicted molar refractivity (Wildman–Crippen MR) is 341 cm³/mol. The first-order chi connectivity index (χ1) is 38.4. The third-order valence-electron chi connectivity index (χ3n) is 14.0. The first-order valence-corrected chi connectivity index (χ1v) is 34.1. The molecule has 0 aromatic rings. The summed E-state index contributed by atoms with van der Waals surface area (Å²) in [7, 11) is 1.46. The van der Waals surface area contributed by atoms with Gasteiger partial charge in [0, 0.05) is 12.8 Å². The zero-order valence-corrected chi connectivity index (χ0v) is 53.0. The zero-order valence-electron chi connectivity index (χ0n) is 52.1. The summed E-state index contributed by atoms with van der Waals surface area (Å²) < 4.78 is 30.7. The Morgan fingerprint density at radius 3 is 1.25 bits per heavy atom. The second-order valence-corrected chi connectivity index (χ2v) is 24.4. The molecule has 0 aromatic carbocycles. The van der Waals surface area contributed by atoms with E-state index < -0.39 is 20.0 Å². The van der Waals surface area contributed by atoms with Crippen LogP contribution in [-0.2, 0) is 27.9 Å². The monoisotopic (exact) mass is 1120 g/mol. The highest BCUT2D eigenvalue weighted by Crippen LogP contribution is 2.43. The van der Waals surface area contributed by atoms with Crippen LogP contribution in [0, 0.1) is 0 Å². The molecule has 0 radical (unpaired) electrons. The van der Waals surface area contributed by atoms with Gasteiger partial charge in [0.2, 0.25) is 5.91 Å². The van der Waals surface area contributed by atoms with Crippen LogP contribution in [0.4, 0.5) is 0 Å². The van der Waals surface area contributed by atoms with Gasteiger partial charge in [-0.3, -0.25) is 18.6 Å². The molecule has 456 valence electrons. The quantitative estimate of drug-likeness (QED) is 0.0205. The fourth-order valence-electron chi connectivity index (χ4n) is 9.00. The topological polar surface area (TPSA) is 111 Å². The molecular formula is C69H124N2O7P+. The number of quaternary nitrogens is 1. The number of unbranched alkanes of at least 4 members (excludes halogenated alkanes) is 28. The molecule has 9 nitrogen and oxygen atoms in total. The number of carbonyl (C=O) groups is 2. The van der Waals surface area contributed by atoms with Gasteiger partial charge in [-0.2, -0.15) is 0 Å². The van der Waals surface area contributed by atoms with Crippen molar-refractivity contribution in [3.05, 3.63) is 97.2 Å². The molecule has 0 bridgehead atoms. The van der Waals surface area contributed by atoms with Crippen molar-refractivity contribution in [2.75, 3.05) is 40.9 Å². The van der Waals surface area contributed by atoms with Gasteiger partial charge in [-0.15, -0.1) is 0 Å². The summed E-state index contributed by atoms with van der Waals surface area (Å²) >= 11 is 0. The number of allylic oxidation sites excluding steroid dienone is 15. The first-order valence-electron chi connectivity index (χ1n) is 32.6. The number of ether oxygens (including phenoxy) is 1. The van der Waals surface area contributed by atoms with E-state index in [0.29, 0.717) is 17.4 Å². The third-order valence-corrected chi connectivity index (χ3v) is 15.0. The molecule has 2 N–H and O–H groups in total. The Hall–Kier alpha value is -3.07. The van der Waals surface area contributed by atoms with Crippen LogP contribution in [0.2, 0.25) is 0 Å². The first kappa shape index (κ1) is 75.9. The van der Waals surface area contributed by atoms with Crippen LogP contribution < -0.4 is 5.32 Å². The van der Waals surface area contributed by atoms with Gasteiger partial charge in [-0.05, 0) is 109 Å². The third kappa shape index (κ3) is 59.4. The van der Waals surface area contributed by atoms with E-state index in [0.717, 1.165) is 96.3 Å². The van der Waals surface area contributed by atoms with Crippen LogP contribution in [0.15, 0.2) is 97.2 Å². The van der Waals surface area contributed by atoms with Crippen molar-refractivity contribution in [1.29, 1.82) is 0 Å². The van der Waals surface area contributed by atoms with Crippen molar-refractivity contribution in [2.24, 2.45) is 0 Å². The van der Waals surface area contributed by atoms with E-state index in [9.17, 15) is 19.0 Å². The lowest BCUT2D eigenvalue weighted by Crippen LogP contribution is -2.47. The van der Waals surface area contributed by atoms with Crippen molar-refractivity contribution in [1.82, 2.24) is 5.32 Å². The molecule has 3 unspecified atom stereocenters. The highest BCUT2D eigenvalue weighted by atomic mass is 31.2. The molecule has 0 saturated carbocycles. The lowest BCUT2D eigenvalue weighted by molar-refractivity contribution is -0.870. The summed E-state index contributed by atoms with van der Waals surface area (Å²) in [4.78, 5) is 37.7. The van der Waals surface area contributed by atoms with E-state index in [2.05, 4.69) is 111 Å². The maximum Gasteiger partial charge on any atom is 0.472 e. The molecule has 0 aliphatic rings. The van der Waals surface area contributed by atoms with Gasteiger partial charge in [0.05, 0.1) is 33.8 Å². The minimum absolute atomic E-state index is 0.0295. The van der Waals surface area contributed by atoms with Crippen LogP contribution in [-0.4, -0.2) is 74.3 Å². The van der Waals surface area contributed by atoms with Gasteiger partial charge in [-0.1, -0.05) is 253 Å². The second-order valence-electron chi connectivity index (χ2n) is 22.9.